The normalized spacial score (nSPS) is 14.7. The molecule has 0 aliphatic heterocycles. The van der Waals surface area contributed by atoms with Crippen LogP contribution in [0.4, 0.5) is 17.1 Å². The molecule has 1 aromatic heterocycles. The van der Waals surface area contributed by atoms with Gasteiger partial charge in [0.05, 0.1) is 6.07 Å². The highest BCUT2D eigenvalue weighted by molar-refractivity contribution is 5.85. The molecule has 0 fully saturated rings. The number of quaternary nitrogens is 2. The number of hydrogen-bond acceptors (Lipinski definition) is 6. The van der Waals surface area contributed by atoms with Crippen LogP contribution in [0.15, 0.2) is 48.7 Å². The molecule has 1 heterocycles. The van der Waals surface area contributed by atoms with Gasteiger partial charge in [-0.1, -0.05) is 18.2 Å². The van der Waals surface area contributed by atoms with Crippen molar-refractivity contribution < 1.29 is 30.8 Å². The molecule has 3 aromatic rings. The Balaban J connectivity index is 1.90. The molecule has 0 spiro atoms. The molecule has 10 heteroatoms. The van der Waals surface area contributed by atoms with E-state index in [1.54, 1.807) is 6.20 Å². The van der Waals surface area contributed by atoms with Gasteiger partial charge in [0.1, 0.15) is 11.7 Å². The summed E-state index contributed by atoms with van der Waals surface area (Å²) in [6.07, 6.45) is 1.83. The number of hydrogen-bond donors (Lipinski definition) is 7. The van der Waals surface area contributed by atoms with Crippen LogP contribution in [0, 0.1) is 10.4 Å². The molecule has 10 nitrogen and oxygen atoms in total. The second-order valence-corrected chi connectivity index (χ2v) is 5.97. The number of benzene rings is 2. The molecular formula is C17H18N4O6. The molecule has 27 heavy (non-hydrogen) atoms. The molecule has 2 aromatic carbocycles. The van der Waals surface area contributed by atoms with E-state index < -0.39 is 22.5 Å². The minimum atomic E-state index is -1.35. The zero-order valence-corrected chi connectivity index (χ0v) is 14.0. The number of aliphatic carboxylic acids is 1. The van der Waals surface area contributed by atoms with E-state index in [4.69, 9.17) is 5.21 Å². The number of rotatable bonds is 7. The minimum absolute atomic E-state index is 0.0414. The fourth-order valence-corrected chi connectivity index (χ4v) is 2.89. The van der Waals surface area contributed by atoms with Crippen molar-refractivity contribution >= 4 is 33.9 Å². The summed E-state index contributed by atoms with van der Waals surface area (Å²) in [6.45, 7) is 0. The summed E-state index contributed by atoms with van der Waals surface area (Å²) in [4.78, 5) is 14.8. The first-order valence-corrected chi connectivity index (χ1v) is 8.02. The lowest BCUT2D eigenvalue weighted by Crippen LogP contribution is -3.00. The first-order valence-electron chi connectivity index (χ1n) is 8.02. The average molecular weight is 374 g/mol. The van der Waals surface area contributed by atoms with Crippen LogP contribution in [-0.2, 0) is 11.2 Å². The van der Waals surface area contributed by atoms with Crippen molar-refractivity contribution in [2.45, 2.75) is 12.5 Å². The van der Waals surface area contributed by atoms with Gasteiger partial charge >= 0.3 is 5.97 Å². The number of carboxylic acid groups (broad SMARTS) is 1. The highest BCUT2D eigenvalue weighted by Crippen LogP contribution is 2.24. The van der Waals surface area contributed by atoms with Crippen LogP contribution < -0.4 is 15.8 Å². The van der Waals surface area contributed by atoms with Gasteiger partial charge in [0.25, 0.3) is 0 Å². The highest BCUT2D eigenvalue weighted by atomic mass is 16.8. The molecule has 0 radical (unpaired) electrons. The molecule has 3 atom stereocenters. The van der Waals surface area contributed by atoms with Gasteiger partial charge in [-0.15, -0.1) is 0 Å². The van der Waals surface area contributed by atoms with Gasteiger partial charge in [-0.05, 0) is 17.7 Å². The van der Waals surface area contributed by atoms with E-state index in [2.05, 4.69) is 10.3 Å². The summed E-state index contributed by atoms with van der Waals surface area (Å²) in [7, 11) is 0. The molecule has 0 aliphatic rings. The predicted octanol–water partition coefficient (Wildman–Crippen LogP) is 0.0825. The molecule has 0 bridgehead atoms. The maximum Gasteiger partial charge on any atom is 0.326 e. The maximum atomic E-state index is 11.7. The standard InChI is InChI=1S/C17H18N4O6/c22-17(23)15(7-10-9-18-13-4-2-1-3-12(10)13)19-14-6-5-11(20(24)25)8-16(14)21(26)27/h1-6,8-9,15,18-21,24,26H,7H2,(H,22,23). The fourth-order valence-electron chi connectivity index (χ4n) is 2.89. The van der Waals surface area contributed by atoms with Gasteiger partial charge in [0, 0.05) is 29.6 Å². The van der Waals surface area contributed by atoms with Gasteiger partial charge in [-0.3, -0.25) is 0 Å². The number of anilines is 1. The smallest absolute Gasteiger partial charge is 0.326 e. The lowest BCUT2D eigenvalue weighted by Gasteiger charge is -2.21. The van der Waals surface area contributed by atoms with Crippen molar-refractivity contribution in [3.05, 3.63) is 64.6 Å². The van der Waals surface area contributed by atoms with E-state index in [9.17, 15) is 25.5 Å². The number of carboxylic acids is 1. The largest absolute Gasteiger partial charge is 0.595 e. The van der Waals surface area contributed by atoms with Gasteiger partial charge in [-0.2, -0.15) is 10.5 Å². The number of para-hydroxylation sites is 1. The van der Waals surface area contributed by atoms with Gasteiger partial charge in [0.15, 0.2) is 11.4 Å². The van der Waals surface area contributed by atoms with Gasteiger partial charge < -0.3 is 25.8 Å². The van der Waals surface area contributed by atoms with Crippen LogP contribution in [0.3, 0.4) is 0 Å². The summed E-state index contributed by atoms with van der Waals surface area (Å²) in [6, 6.07) is 9.82. The van der Waals surface area contributed by atoms with Crippen LogP contribution in [0.1, 0.15) is 5.56 Å². The second kappa shape index (κ2) is 7.72. The number of fused-ring (bicyclic) bond motifs is 1. The average Bonchev–Trinajstić information content (AvgIpc) is 3.04. The first kappa shape index (κ1) is 18.8. The molecule has 3 unspecified atom stereocenters. The van der Waals surface area contributed by atoms with Crippen molar-refractivity contribution in [2.75, 3.05) is 5.32 Å². The number of aromatic amines is 1. The molecule has 0 saturated heterocycles. The zero-order chi connectivity index (χ0) is 19.6. The van der Waals surface area contributed by atoms with E-state index in [1.807, 2.05) is 24.3 Å². The van der Waals surface area contributed by atoms with Gasteiger partial charge in [-0.25, -0.2) is 15.2 Å². The van der Waals surface area contributed by atoms with Crippen molar-refractivity contribution in [1.82, 2.24) is 4.98 Å². The summed E-state index contributed by atoms with van der Waals surface area (Å²) >= 11 is 0. The Kier molecular flexibility index (Phi) is 5.37. The Hall–Kier alpha value is -2.99. The quantitative estimate of drug-likeness (QED) is 0.288. The van der Waals surface area contributed by atoms with Gasteiger partial charge in [0.2, 0.25) is 0 Å². The Labute approximate surface area is 152 Å². The van der Waals surface area contributed by atoms with Crippen LogP contribution in [0.25, 0.3) is 10.9 Å². The van der Waals surface area contributed by atoms with Crippen LogP contribution >= 0.6 is 0 Å². The monoisotopic (exact) mass is 374 g/mol. The molecule has 0 amide bonds. The third-order valence-electron chi connectivity index (χ3n) is 4.22. The van der Waals surface area contributed by atoms with Crippen LogP contribution in [0.2, 0.25) is 0 Å². The molecule has 0 aliphatic carbocycles. The third-order valence-corrected chi connectivity index (χ3v) is 4.22. The molecule has 3 rings (SSSR count). The molecular weight excluding hydrogens is 356 g/mol. The van der Waals surface area contributed by atoms with E-state index in [0.29, 0.717) is 0 Å². The first-order chi connectivity index (χ1) is 12.9. The van der Waals surface area contributed by atoms with E-state index >= 15 is 0 Å². The zero-order valence-electron chi connectivity index (χ0n) is 14.0. The Morgan fingerprint density at radius 1 is 1.15 bits per heavy atom. The lowest BCUT2D eigenvalue weighted by molar-refractivity contribution is -0.996. The Morgan fingerprint density at radius 2 is 1.89 bits per heavy atom. The molecule has 7 N–H and O–H groups in total. The van der Waals surface area contributed by atoms with E-state index in [0.717, 1.165) is 22.5 Å². The van der Waals surface area contributed by atoms with Crippen LogP contribution in [-0.4, -0.2) is 32.5 Å². The topological polar surface area (TPSA) is 161 Å². The highest BCUT2D eigenvalue weighted by Gasteiger charge is 2.23. The predicted molar refractivity (Wildman–Crippen MR) is 95.0 cm³/mol. The van der Waals surface area contributed by atoms with E-state index in [1.165, 1.54) is 12.1 Å². The van der Waals surface area contributed by atoms with Crippen LogP contribution in [0.5, 0.6) is 0 Å². The number of carbonyl (C=O) groups is 1. The summed E-state index contributed by atoms with van der Waals surface area (Å²) in [5.74, 6) is -1.15. The van der Waals surface area contributed by atoms with Crippen molar-refractivity contribution in [1.29, 1.82) is 0 Å². The molecule has 142 valence electrons. The van der Waals surface area contributed by atoms with Crippen molar-refractivity contribution in [3.8, 4) is 0 Å². The number of nitrogens with one attached hydrogen (secondary N) is 4. The van der Waals surface area contributed by atoms with Crippen molar-refractivity contribution in [3.63, 3.8) is 0 Å². The second-order valence-electron chi connectivity index (χ2n) is 5.97. The SMILES string of the molecule is O=C(O)C(Cc1c[nH]c2ccccc12)Nc1ccc([NH+]([O-])O)cc1[NH+]([O-])O. The summed E-state index contributed by atoms with van der Waals surface area (Å²) in [5, 5.41) is 51.4. The summed E-state index contributed by atoms with van der Waals surface area (Å²) < 4.78 is 0. The fraction of sp³-hybridized carbons (Fsp3) is 0.118. The van der Waals surface area contributed by atoms with E-state index in [-0.39, 0.29) is 23.5 Å². The minimum Gasteiger partial charge on any atom is -0.595 e. The van der Waals surface area contributed by atoms with Crippen molar-refractivity contribution in [2.24, 2.45) is 0 Å². The summed E-state index contributed by atoms with van der Waals surface area (Å²) in [5.41, 5.74) is 1.18. The lowest BCUT2D eigenvalue weighted by atomic mass is 10.0. The molecule has 0 saturated carbocycles. The third kappa shape index (κ3) is 4.06. The number of aromatic nitrogens is 1. The number of H-pyrrole nitrogens is 1. The Bertz CT molecular complexity index is 956. The Morgan fingerprint density at radius 3 is 2.56 bits per heavy atom. The maximum absolute atomic E-state index is 11.7.